The number of quaternary nitrogens is 1. The van der Waals surface area contributed by atoms with Crippen LogP contribution in [0.1, 0.15) is 296 Å². The average Bonchev–Trinajstić information content (AvgIpc) is 3.61. The molecule has 484 valence electrons. The number of phosphoric ester groups is 1. The topological polar surface area (TPSA) is 111 Å². The lowest BCUT2D eigenvalue weighted by atomic mass is 10.0. The van der Waals surface area contributed by atoms with Crippen LogP contribution in [-0.2, 0) is 32.7 Å². The fraction of sp³-hybridized carbons (Fsp3) is 0.730. The molecule has 0 aromatic rings. The Morgan fingerprint density at radius 3 is 1.01 bits per heavy atom. The number of rotatable bonds is 63. The first-order valence-electron chi connectivity index (χ1n) is 34.6. The van der Waals surface area contributed by atoms with Crippen LogP contribution >= 0.6 is 7.82 Å². The van der Waals surface area contributed by atoms with E-state index < -0.39 is 26.5 Å². The van der Waals surface area contributed by atoms with Crippen molar-refractivity contribution in [1.29, 1.82) is 0 Å². The molecule has 0 heterocycles. The Morgan fingerprint density at radius 2 is 0.679 bits per heavy atom. The van der Waals surface area contributed by atoms with E-state index in [1.807, 2.05) is 21.1 Å². The lowest BCUT2D eigenvalue weighted by Gasteiger charge is -2.28. The summed E-state index contributed by atoms with van der Waals surface area (Å²) in [5.74, 6) is -0.831. The molecule has 0 saturated heterocycles. The van der Waals surface area contributed by atoms with Crippen LogP contribution in [0, 0.1) is 0 Å². The molecule has 84 heavy (non-hydrogen) atoms. The van der Waals surface area contributed by atoms with Gasteiger partial charge in [-0.25, -0.2) is 0 Å². The van der Waals surface area contributed by atoms with Gasteiger partial charge in [0, 0.05) is 12.8 Å². The van der Waals surface area contributed by atoms with Crippen LogP contribution in [0.15, 0.2) is 109 Å². The van der Waals surface area contributed by atoms with Crippen LogP contribution in [0.2, 0.25) is 0 Å². The van der Waals surface area contributed by atoms with Gasteiger partial charge in [0.2, 0.25) is 0 Å². The molecule has 0 aromatic carbocycles. The molecule has 0 fully saturated rings. The molecule has 0 radical (unpaired) electrons. The Balaban J connectivity index is 4.05. The van der Waals surface area contributed by atoms with Crippen molar-refractivity contribution in [3.63, 3.8) is 0 Å². The van der Waals surface area contributed by atoms with Crippen LogP contribution < -0.4 is 4.89 Å². The van der Waals surface area contributed by atoms with Crippen molar-refractivity contribution >= 4 is 19.8 Å². The van der Waals surface area contributed by atoms with E-state index in [-0.39, 0.29) is 32.0 Å². The van der Waals surface area contributed by atoms with Gasteiger partial charge in [0.25, 0.3) is 7.82 Å². The molecular weight excluding hydrogens is 1060 g/mol. The molecule has 0 aliphatic carbocycles. The monoisotopic (exact) mass is 1190 g/mol. The summed E-state index contributed by atoms with van der Waals surface area (Å²) in [6.45, 7) is 4.14. The standard InChI is InChI=1S/C74H130NO8P/c1-6-8-10-12-14-16-18-20-22-24-26-28-30-31-32-33-34-35-36-37-38-39-40-41-42-43-45-47-49-51-53-55-57-59-61-63-65-67-74(77)83-72(71-82-84(78,79)81-69-68-75(3,4)5)70-80-73(76)66-64-62-60-58-56-54-52-50-48-46-44-29-27-25-23-21-19-17-15-13-11-9-7-2/h8,10,14,16,19-22,25-28,31-32,34-35,37-38,72H,6-7,9,11-13,15,17-18,23-24,29-30,33,36,39-71H2,1-5H3/b10-8-,16-14-,21-19-,22-20-,27-25-,28-26-,32-31-,35-34-,38-37-. The minimum Gasteiger partial charge on any atom is -0.756 e. The summed E-state index contributed by atoms with van der Waals surface area (Å²) in [7, 11) is 1.16. The number of carbonyl (C=O) groups excluding carboxylic acids is 2. The van der Waals surface area contributed by atoms with E-state index in [1.54, 1.807) is 0 Å². The largest absolute Gasteiger partial charge is 0.756 e. The fourth-order valence-corrected chi connectivity index (χ4v) is 10.2. The van der Waals surface area contributed by atoms with Crippen molar-refractivity contribution in [1.82, 2.24) is 0 Å². The highest BCUT2D eigenvalue weighted by Crippen LogP contribution is 2.38. The van der Waals surface area contributed by atoms with E-state index in [2.05, 4.69) is 123 Å². The minimum absolute atomic E-state index is 0.0341. The number of hydrogen-bond acceptors (Lipinski definition) is 8. The van der Waals surface area contributed by atoms with E-state index in [0.29, 0.717) is 17.4 Å². The number of phosphoric acid groups is 1. The van der Waals surface area contributed by atoms with E-state index in [4.69, 9.17) is 18.5 Å². The number of likely N-dealkylation sites (N-methyl/N-ethyl adjacent to an activating group) is 1. The number of ether oxygens (including phenoxy) is 2. The summed E-state index contributed by atoms with van der Waals surface area (Å²) < 4.78 is 34.3. The third-order valence-corrected chi connectivity index (χ3v) is 15.7. The average molecular weight is 1190 g/mol. The van der Waals surface area contributed by atoms with Crippen LogP contribution in [0.5, 0.6) is 0 Å². The third-order valence-electron chi connectivity index (χ3n) is 14.8. The summed E-state index contributed by atoms with van der Waals surface area (Å²) in [4.78, 5) is 38.0. The van der Waals surface area contributed by atoms with Gasteiger partial charge in [-0.2, -0.15) is 0 Å². The molecule has 9 nitrogen and oxygen atoms in total. The first-order valence-corrected chi connectivity index (χ1v) is 36.1. The van der Waals surface area contributed by atoms with Gasteiger partial charge in [-0.1, -0.05) is 290 Å². The molecule has 0 aliphatic rings. The molecule has 0 rings (SSSR count). The second kappa shape index (κ2) is 64.2. The normalized spacial score (nSPS) is 13.8. The zero-order valence-corrected chi connectivity index (χ0v) is 56.0. The van der Waals surface area contributed by atoms with Crippen LogP contribution in [0.3, 0.4) is 0 Å². The van der Waals surface area contributed by atoms with E-state index in [9.17, 15) is 19.0 Å². The smallest absolute Gasteiger partial charge is 0.306 e. The van der Waals surface area contributed by atoms with Crippen LogP contribution in [0.4, 0.5) is 0 Å². The summed E-state index contributed by atoms with van der Waals surface area (Å²) in [5.41, 5.74) is 0. The number of nitrogens with zero attached hydrogens (tertiary/aromatic N) is 1. The summed E-state index contributed by atoms with van der Waals surface area (Å²) >= 11 is 0. The van der Waals surface area contributed by atoms with Crippen molar-refractivity contribution in [2.75, 3.05) is 47.5 Å². The van der Waals surface area contributed by atoms with Gasteiger partial charge in [-0.05, 0) is 103 Å². The Labute approximate surface area is 518 Å². The van der Waals surface area contributed by atoms with Crippen molar-refractivity contribution in [2.24, 2.45) is 0 Å². The molecule has 0 bridgehead atoms. The molecule has 0 aromatic heterocycles. The van der Waals surface area contributed by atoms with Gasteiger partial charge in [-0.3, -0.25) is 14.2 Å². The summed E-state index contributed by atoms with van der Waals surface area (Å²) in [6.07, 6.45) is 90.2. The molecule has 10 heteroatoms. The molecular formula is C74H130NO8P. The minimum atomic E-state index is -4.65. The lowest BCUT2D eigenvalue weighted by Crippen LogP contribution is -2.37. The van der Waals surface area contributed by atoms with Crippen LogP contribution in [-0.4, -0.2) is 70.0 Å². The molecule has 0 N–H and O–H groups in total. The number of allylic oxidation sites excluding steroid dienone is 18. The highest BCUT2D eigenvalue weighted by atomic mass is 31.2. The summed E-state index contributed by atoms with van der Waals surface area (Å²) in [5, 5.41) is 0. The highest BCUT2D eigenvalue weighted by molar-refractivity contribution is 7.45. The van der Waals surface area contributed by atoms with Gasteiger partial charge < -0.3 is 27.9 Å². The SMILES string of the molecule is CC/C=C\C/C=C\C/C=C\C/C=C\C/C=C\C/C=C\C/C=C\CCCCCCCCCCCCCCCCCC(=O)OC(COC(=O)CCCCCCCCCCCCC/C=C\C/C=C\CCCCCCC)COP(=O)([O-])OCC[N+](C)(C)C. The maximum atomic E-state index is 12.9. The second-order valence-electron chi connectivity index (χ2n) is 24.2. The Morgan fingerprint density at radius 1 is 0.381 bits per heavy atom. The number of unbranched alkanes of at least 4 members (excludes halogenated alkanes) is 31. The molecule has 0 saturated carbocycles. The first kappa shape index (κ1) is 80.7. The predicted molar refractivity (Wildman–Crippen MR) is 360 cm³/mol. The molecule has 0 aliphatic heterocycles. The highest BCUT2D eigenvalue weighted by Gasteiger charge is 2.22. The molecule has 2 unspecified atom stereocenters. The molecule has 0 amide bonds. The van der Waals surface area contributed by atoms with Crippen molar-refractivity contribution in [3.05, 3.63) is 109 Å². The quantitative estimate of drug-likeness (QED) is 0.0195. The third kappa shape index (κ3) is 67.8. The lowest BCUT2D eigenvalue weighted by molar-refractivity contribution is -0.870. The van der Waals surface area contributed by atoms with Crippen LogP contribution in [0.25, 0.3) is 0 Å². The Kier molecular flexibility index (Phi) is 61.6. The summed E-state index contributed by atoms with van der Waals surface area (Å²) in [6, 6.07) is 0. The van der Waals surface area contributed by atoms with Gasteiger partial charge in [0.05, 0.1) is 27.7 Å². The van der Waals surface area contributed by atoms with Gasteiger partial charge in [-0.15, -0.1) is 0 Å². The zero-order chi connectivity index (χ0) is 61.2. The van der Waals surface area contributed by atoms with Gasteiger partial charge >= 0.3 is 11.9 Å². The van der Waals surface area contributed by atoms with E-state index >= 15 is 0 Å². The van der Waals surface area contributed by atoms with Gasteiger partial charge in [0.1, 0.15) is 19.8 Å². The van der Waals surface area contributed by atoms with Crippen molar-refractivity contribution in [2.45, 2.75) is 302 Å². The zero-order valence-electron chi connectivity index (χ0n) is 55.1. The van der Waals surface area contributed by atoms with E-state index in [1.165, 1.54) is 173 Å². The first-order chi connectivity index (χ1) is 41.0. The van der Waals surface area contributed by atoms with Crippen molar-refractivity contribution < 1.29 is 42.1 Å². The number of carbonyl (C=O) groups is 2. The predicted octanol–water partition coefficient (Wildman–Crippen LogP) is 21.9. The second-order valence-corrected chi connectivity index (χ2v) is 25.6. The van der Waals surface area contributed by atoms with Gasteiger partial charge in [0.15, 0.2) is 6.10 Å². The maximum absolute atomic E-state index is 12.9. The maximum Gasteiger partial charge on any atom is 0.306 e. The Bertz CT molecular complexity index is 1790. The Hall–Kier alpha value is -3.33. The number of hydrogen-bond donors (Lipinski definition) is 0. The number of esters is 2. The fourth-order valence-electron chi connectivity index (χ4n) is 9.49. The van der Waals surface area contributed by atoms with E-state index in [0.717, 1.165) is 89.9 Å². The van der Waals surface area contributed by atoms with Crippen molar-refractivity contribution in [3.8, 4) is 0 Å². The molecule has 0 spiro atoms. The molecule has 2 atom stereocenters.